The van der Waals surface area contributed by atoms with E-state index in [1.165, 1.54) is 9.44 Å². The Morgan fingerprint density at radius 1 is 1.17 bits per heavy atom. The zero-order valence-electron chi connectivity index (χ0n) is 16.9. The van der Waals surface area contributed by atoms with E-state index in [9.17, 15) is 9.59 Å². The van der Waals surface area contributed by atoms with Crippen LogP contribution in [0.4, 0.5) is 0 Å². The van der Waals surface area contributed by atoms with E-state index in [0.717, 1.165) is 43.0 Å². The first kappa shape index (κ1) is 20.3. The number of aromatic nitrogens is 2. The number of hydrogen-bond donors (Lipinski definition) is 0. The normalized spacial score (nSPS) is 14.7. The quantitative estimate of drug-likeness (QED) is 0.622. The van der Waals surface area contributed by atoms with Crippen molar-refractivity contribution in [2.45, 2.75) is 26.4 Å². The molecule has 8 heteroatoms. The maximum absolute atomic E-state index is 13.5. The molecule has 2 aromatic heterocycles. The van der Waals surface area contributed by atoms with Crippen LogP contribution in [0.1, 0.15) is 17.4 Å². The number of likely N-dealkylation sites (N-methyl/N-ethyl adjacent to an activating group) is 2. The predicted octanol–water partition coefficient (Wildman–Crippen LogP) is 2.81. The molecule has 3 heterocycles. The van der Waals surface area contributed by atoms with E-state index in [1.807, 2.05) is 19.0 Å². The highest BCUT2D eigenvalue weighted by atomic mass is 35.5. The fraction of sp³-hybridized carbons (Fsp3) is 0.429. The lowest BCUT2D eigenvalue weighted by Gasteiger charge is -2.24. The summed E-state index contributed by atoms with van der Waals surface area (Å²) in [4.78, 5) is 33.3. The molecule has 1 aliphatic heterocycles. The minimum Gasteiger partial charge on any atom is -0.308 e. The molecule has 0 fully saturated rings. The van der Waals surface area contributed by atoms with Crippen molar-refractivity contribution in [3.8, 4) is 5.69 Å². The number of benzene rings is 1. The summed E-state index contributed by atoms with van der Waals surface area (Å²) in [5.74, 6) is 0. The van der Waals surface area contributed by atoms with Crippen LogP contribution >= 0.6 is 22.9 Å². The average Bonchev–Trinajstić information content (AvgIpc) is 3.07. The lowest BCUT2D eigenvalue weighted by atomic mass is 10.1. The summed E-state index contributed by atoms with van der Waals surface area (Å²) < 4.78 is 3.07. The summed E-state index contributed by atoms with van der Waals surface area (Å²) in [6, 6.07) is 6.87. The Balaban J connectivity index is 2.00. The summed E-state index contributed by atoms with van der Waals surface area (Å²) in [6.45, 7) is 6.17. The zero-order chi connectivity index (χ0) is 20.7. The molecule has 1 aliphatic rings. The summed E-state index contributed by atoms with van der Waals surface area (Å²) in [7, 11) is 3.96. The Bertz CT molecular complexity index is 1160. The van der Waals surface area contributed by atoms with Crippen molar-refractivity contribution in [3.63, 3.8) is 0 Å². The lowest BCUT2D eigenvalue weighted by molar-refractivity contribution is 0.272. The monoisotopic (exact) mass is 432 g/mol. The predicted molar refractivity (Wildman–Crippen MR) is 120 cm³/mol. The molecular weight excluding hydrogens is 408 g/mol. The van der Waals surface area contributed by atoms with E-state index in [-0.39, 0.29) is 11.2 Å². The van der Waals surface area contributed by atoms with Gasteiger partial charge in [-0.3, -0.25) is 14.3 Å². The molecule has 154 valence electrons. The van der Waals surface area contributed by atoms with Crippen molar-refractivity contribution in [1.82, 2.24) is 18.9 Å². The fourth-order valence-corrected chi connectivity index (χ4v) is 5.37. The van der Waals surface area contributed by atoms with Gasteiger partial charge in [0, 0.05) is 36.1 Å². The number of thiophene rings is 1. The van der Waals surface area contributed by atoms with Crippen LogP contribution in [0.5, 0.6) is 0 Å². The van der Waals surface area contributed by atoms with Crippen molar-refractivity contribution >= 4 is 33.2 Å². The smallest absolute Gasteiger partial charge is 0.308 e. The van der Waals surface area contributed by atoms with E-state index in [0.29, 0.717) is 22.6 Å². The second-order valence-electron chi connectivity index (χ2n) is 7.66. The molecule has 4 rings (SSSR count). The Morgan fingerprint density at radius 2 is 1.90 bits per heavy atom. The van der Waals surface area contributed by atoms with Crippen LogP contribution < -0.4 is 11.2 Å². The maximum atomic E-state index is 13.5. The molecule has 3 aromatic rings. The first-order chi connectivity index (χ1) is 13.9. The van der Waals surface area contributed by atoms with Crippen LogP contribution in [0.25, 0.3) is 15.9 Å². The van der Waals surface area contributed by atoms with Gasteiger partial charge in [0.25, 0.3) is 5.56 Å². The molecular formula is C21H25ClN4O2S. The van der Waals surface area contributed by atoms with Crippen molar-refractivity contribution < 1.29 is 0 Å². The average molecular weight is 433 g/mol. The van der Waals surface area contributed by atoms with Gasteiger partial charge in [0.05, 0.1) is 11.1 Å². The third kappa shape index (κ3) is 3.68. The Hall–Kier alpha value is -1.93. The summed E-state index contributed by atoms with van der Waals surface area (Å²) in [5, 5.41) is 1.28. The minimum atomic E-state index is -0.294. The Labute approximate surface area is 178 Å². The molecule has 0 atom stereocenters. The van der Waals surface area contributed by atoms with Crippen molar-refractivity contribution in [2.24, 2.45) is 0 Å². The molecule has 0 spiro atoms. The molecule has 0 unspecified atom stereocenters. The minimum absolute atomic E-state index is 0.226. The van der Waals surface area contributed by atoms with Gasteiger partial charge in [-0.15, -0.1) is 11.3 Å². The van der Waals surface area contributed by atoms with Gasteiger partial charge in [-0.05, 0) is 56.9 Å². The highest BCUT2D eigenvalue weighted by Gasteiger charge is 2.26. The molecule has 0 bridgehead atoms. The van der Waals surface area contributed by atoms with Gasteiger partial charge in [0.1, 0.15) is 4.83 Å². The van der Waals surface area contributed by atoms with Gasteiger partial charge in [0.2, 0.25) is 0 Å². The van der Waals surface area contributed by atoms with Crippen LogP contribution in [0.15, 0.2) is 33.9 Å². The molecule has 0 saturated heterocycles. The van der Waals surface area contributed by atoms with Crippen LogP contribution in [0, 0.1) is 0 Å². The molecule has 6 nitrogen and oxygen atoms in total. The molecule has 0 amide bonds. The van der Waals surface area contributed by atoms with Crippen LogP contribution in [0.3, 0.4) is 0 Å². The third-order valence-electron chi connectivity index (χ3n) is 5.50. The molecule has 0 radical (unpaired) electrons. The number of fused-ring (bicyclic) bond motifs is 3. The van der Waals surface area contributed by atoms with Gasteiger partial charge in [-0.25, -0.2) is 9.36 Å². The van der Waals surface area contributed by atoms with Gasteiger partial charge in [-0.1, -0.05) is 18.5 Å². The van der Waals surface area contributed by atoms with Crippen molar-refractivity contribution in [1.29, 1.82) is 0 Å². The SMILES string of the molecule is CCN1CCc2c(sc3c2c(=O)n(-c2ccc(Cl)cc2)c(=O)n3CCN(C)C)C1. The van der Waals surface area contributed by atoms with Gasteiger partial charge in [-0.2, -0.15) is 0 Å². The van der Waals surface area contributed by atoms with Gasteiger partial charge in [0.15, 0.2) is 0 Å². The Kier molecular flexibility index (Phi) is 5.66. The number of nitrogens with zero attached hydrogens (tertiary/aromatic N) is 4. The first-order valence-corrected chi connectivity index (χ1v) is 11.0. The van der Waals surface area contributed by atoms with E-state index in [1.54, 1.807) is 40.2 Å². The maximum Gasteiger partial charge on any atom is 0.336 e. The second kappa shape index (κ2) is 8.07. The molecule has 0 saturated carbocycles. The zero-order valence-corrected chi connectivity index (χ0v) is 18.5. The number of rotatable bonds is 5. The van der Waals surface area contributed by atoms with Crippen molar-refractivity contribution in [3.05, 3.63) is 60.6 Å². The number of halogens is 1. The molecule has 29 heavy (non-hydrogen) atoms. The Morgan fingerprint density at radius 3 is 2.55 bits per heavy atom. The fourth-order valence-electron chi connectivity index (χ4n) is 3.84. The van der Waals surface area contributed by atoms with Crippen LogP contribution in [0.2, 0.25) is 5.02 Å². The standard InChI is InChI=1S/C21H25ClN4O2S/c1-4-24-10-9-16-17(13-24)29-20-18(16)19(27)26(15-7-5-14(22)6-8-15)21(28)25(20)12-11-23(2)3/h5-8H,4,9-13H2,1-3H3. The highest BCUT2D eigenvalue weighted by molar-refractivity contribution is 7.18. The van der Waals surface area contributed by atoms with Crippen molar-refractivity contribution in [2.75, 3.05) is 33.7 Å². The number of hydrogen-bond acceptors (Lipinski definition) is 5. The summed E-state index contributed by atoms with van der Waals surface area (Å²) >= 11 is 7.62. The van der Waals surface area contributed by atoms with E-state index in [2.05, 4.69) is 11.8 Å². The van der Waals surface area contributed by atoms with Crippen LogP contribution in [-0.2, 0) is 19.5 Å². The molecule has 0 N–H and O–H groups in total. The van der Waals surface area contributed by atoms with E-state index < -0.39 is 0 Å². The summed E-state index contributed by atoms with van der Waals surface area (Å²) in [5.41, 5.74) is 1.14. The first-order valence-electron chi connectivity index (χ1n) is 9.83. The highest BCUT2D eigenvalue weighted by Crippen LogP contribution is 2.33. The van der Waals surface area contributed by atoms with E-state index >= 15 is 0 Å². The summed E-state index contributed by atoms with van der Waals surface area (Å²) in [6.07, 6.45) is 0.838. The van der Waals surface area contributed by atoms with E-state index in [4.69, 9.17) is 11.6 Å². The third-order valence-corrected chi connectivity index (χ3v) is 7.00. The topological polar surface area (TPSA) is 50.5 Å². The molecule has 0 aliphatic carbocycles. The lowest BCUT2D eigenvalue weighted by Crippen LogP contribution is -2.40. The van der Waals surface area contributed by atoms with Gasteiger partial charge < -0.3 is 4.90 Å². The largest absolute Gasteiger partial charge is 0.336 e. The van der Waals surface area contributed by atoms with Crippen LogP contribution in [-0.4, -0.2) is 52.7 Å². The second-order valence-corrected chi connectivity index (χ2v) is 9.18. The van der Waals surface area contributed by atoms with Gasteiger partial charge >= 0.3 is 5.69 Å². The molecule has 1 aromatic carbocycles.